The van der Waals surface area contributed by atoms with Crippen molar-refractivity contribution in [1.82, 2.24) is 0 Å². The van der Waals surface area contributed by atoms with Gasteiger partial charge in [0.05, 0.1) is 4.83 Å². The summed E-state index contributed by atoms with van der Waals surface area (Å²) >= 11 is 2.34. The second kappa shape index (κ2) is 3.27. The molecule has 1 atom stereocenters. The first kappa shape index (κ1) is 11.8. The third kappa shape index (κ3) is 2.15. The first-order valence-corrected chi connectivity index (χ1v) is 3.65. The lowest BCUT2D eigenvalue weighted by molar-refractivity contribution is -0.268. The Labute approximate surface area is 73.1 Å². The molecule has 0 N–H and O–H groups in total. The Morgan fingerprint density at radius 2 is 1.58 bits per heavy atom. The fourth-order valence-electron chi connectivity index (χ4n) is 0.389. The van der Waals surface area contributed by atoms with Crippen molar-refractivity contribution in [1.29, 1.82) is 0 Å². The number of alkyl halides is 6. The normalized spacial score (nSPS) is 15.9. The highest BCUT2D eigenvalue weighted by molar-refractivity contribution is 9.10. The van der Waals surface area contributed by atoms with Crippen LogP contribution < -0.4 is 0 Å². The Morgan fingerprint density at radius 3 is 1.67 bits per heavy atom. The number of carbonyl (C=O) groups is 1. The minimum Gasteiger partial charge on any atom is -0.291 e. The van der Waals surface area contributed by atoms with E-state index in [4.69, 9.17) is 0 Å². The fourth-order valence-corrected chi connectivity index (χ4v) is 0.677. The molecule has 0 aromatic rings. The molecule has 0 aromatic heterocycles. The minimum absolute atomic E-state index is 0.905. The van der Waals surface area contributed by atoms with Gasteiger partial charge in [-0.15, -0.1) is 0 Å². The van der Waals surface area contributed by atoms with Crippen molar-refractivity contribution in [2.45, 2.75) is 23.8 Å². The molecule has 0 aliphatic heterocycles. The first-order chi connectivity index (χ1) is 5.10. The number of ketones is 1. The molecule has 0 aliphatic carbocycles. The molecule has 0 aliphatic rings. The molecule has 0 amide bonds. The first-order valence-electron chi connectivity index (χ1n) is 2.73. The van der Waals surface area contributed by atoms with Crippen molar-refractivity contribution in [3.05, 3.63) is 0 Å². The molecule has 0 radical (unpaired) electrons. The maximum Gasteiger partial charge on any atom is 0.461 e. The average molecular weight is 255 g/mol. The maximum atomic E-state index is 12.1. The minimum atomic E-state index is -5.81. The number of hydrogen-bond acceptors (Lipinski definition) is 1. The molecular weight excluding hydrogens is 251 g/mol. The Balaban J connectivity index is 4.74. The molecule has 72 valence electrons. The van der Waals surface area contributed by atoms with Gasteiger partial charge in [0.25, 0.3) is 0 Å². The summed E-state index contributed by atoms with van der Waals surface area (Å²) in [6.07, 6.45) is -5.81. The number of Topliss-reactive ketones (excluding diaryl/α,β-unsaturated/α-hetero) is 1. The van der Waals surface area contributed by atoms with Gasteiger partial charge in [0.2, 0.25) is 5.78 Å². The van der Waals surface area contributed by atoms with Gasteiger partial charge in [-0.3, -0.25) is 4.79 Å². The van der Waals surface area contributed by atoms with E-state index in [1.54, 1.807) is 0 Å². The monoisotopic (exact) mass is 254 g/mol. The molecule has 0 saturated heterocycles. The van der Waals surface area contributed by atoms with E-state index in [2.05, 4.69) is 15.9 Å². The topological polar surface area (TPSA) is 17.1 Å². The Kier molecular flexibility index (Phi) is 3.22. The third-order valence-electron chi connectivity index (χ3n) is 1.03. The third-order valence-corrected chi connectivity index (χ3v) is 1.44. The summed E-state index contributed by atoms with van der Waals surface area (Å²) in [5.41, 5.74) is 0. The second-order valence-electron chi connectivity index (χ2n) is 2.05. The van der Waals surface area contributed by atoms with Gasteiger partial charge in [-0.25, -0.2) is 0 Å². The van der Waals surface area contributed by atoms with E-state index >= 15 is 0 Å². The molecule has 7 heteroatoms. The van der Waals surface area contributed by atoms with Crippen molar-refractivity contribution in [3.63, 3.8) is 0 Å². The second-order valence-corrected chi connectivity index (χ2v) is 3.43. The summed E-state index contributed by atoms with van der Waals surface area (Å²) in [5, 5.41) is 0. The van der Waals surface area contributed by atoms with Crippen LogP contribution in [0.1, 0.15) is 6.92 Å². The standard InChI is InChI=1S/C5H4BrF5O/c1-2(6)3(12)4(7,8)5(9,10)11/h2H,1H3. The molecule has 0 heterocycles. The predicted octanol–water partition coefficient (Wildman–Crippen LogP) is 2.54. The fraction of sp³-hybridized carbons (Fsp3) is 0.800. The van der Waals surface area contributed by atoms with Crippen LogP contribution in [0, 0.1) is 0 Å². The quantitative estimate of drug-likeness (QED) is 0.547. The van der Waals surface area contributed by atoms with Crippen LogP contribution in [0.5, 0.6) is 0 Å². The lowest BCUT2D eigenvalue weighted by Gasteiger charge is -2.18. The molecule has 1 unspecified atom stereocenters. The van der Waals surface area contributed by atoms with Crippen LogP contribution in [-0.4, -0.2) is 22.7 Å². The van der Waals surface area contributed by atoms with E-state index in [9.17, 15) is 26.7 Å². The zero-order valence-electron chi connectivity index (χ0n) is 5.75. The molecule has 0 rings (SSSR count). The van der Waals surface area contributed by atoms with Gasteiger partial charge in [-0.2, -0.15) is 22.0 Å². The zero-order chi connectivity index (χ0) is 10.2. The van der Waals surface area contributed by atoms with E-state index in [1.165, 1.54) is 0 Å². The van der Waals surface area contributed by atoms with Crippen LogP contribution in [0.15, 0.2) is 0 Å². The van der Waals surface area contributed by atoms with Gasteiger partial charge in [0.15, 0.2) is 0 Å². The molecule has 0 bridgehead atoms. The summed E-state index contributed by atoms with van der Waals surface area (Å²) in [5.74, 6) is -7.45. The Bertz CT molecular complexity index is 185. The molecule has 0 fully saturated rings. The highest BCUT2D eigenvalue weighted by Gasteiger charge is 2.63. The van der Waals surface area contributed by atoms with Crippen LogP contribution in [0.3, 0.4) is 0 Å². The van der Waals surface area contributed by atoms with Gasteiger partial charge >= 0.3 is 12.1 Å². The van der Waals surface area contributed by atoms with E-state index in [-0.39, 0.29) is 0 Å². The predicted molar refractivity (Wildman–Crippen MR) is 34.4 cm³/mol. The van der Waals surface area contributed by atoms with E-state index in [1.807, 2.05) is 0 Å². The summed E-state index contributed by atoms with van der Waals surface area (Å²) < 4.78 is 58.5. The Morgan fingerprint density at radius 1 is 1.25 bits per heavy atom. The number of hydrogen-bond donors (Lipinski definition) is 0. The molecule has 12 heavy (non-hydrogen) atoms. The van der Waals surface area contributed by atoms with Crippen LogP contribution in [0.4, 0.5) is 22.0 Å². The van der Waals surface area contributed by atoms with Gasteiger partial charge in [-0.05, 0) is 6.92 Å². The number of rotatable bonds is 2. The van der Waals surface area contributed by atoms with Crippen molar-refractivity contribution >= 4 is 21.7 Å². The number of halogens is 6. The van der Waals surface area contributed by atoms with Crippen molar-refractivity contribution < 1.29 is 26.7 Å². The van der Waals surface area contributed by atoms with Crippen LogP contribution in [0.2, 0.25) is 0 Å². The van der Waals surface area contributed by atoms with Crippen molar-refractivity contribution in [2.75, 3.05) is 0 Å². The smallest absolute Gasteiger partial charge is 0.291 e. The summed E-state index contributed by atoms with van der Waals surface area (Å²) in [7, 11) is 0. The SMILES string of the molecule is CC(Br)C(=O)C(F)(F)C(F)(F)F. The molecule has 0 aromatic carbocycles. The maximum absolute atomic E-state index is 12.1. The van der Waals surface area contributed by atoms with Gasteiger partial charge in [-0.1, -0.05) is 15.9 Å². The summed E-state index contributed by atoms with van der Waals surface area (Å²) in [4.78, 5) is 8.78. The highest BCUT2D eigenvalue weighted by Crippen LogP contribution is 2.37. The van der Waals surface area contributed by atoms with E-state index in [0.29, 0.717) is 0 Å². The highest BCUT2D eigenvalue weighted by atomic mass is 79.9. The Hall–Kier alpha value is -0.200. The molecule has 1 nitrogen and oxygen atoms in total. The molecular formula is C5H4BrF5O. The van der Waals surface area contributed by atoms with Gasteiger partial charge in [0.1, 0.15) is 0 Å². The van der Waals surface area contributed by atoms with E-state index in [0.717, 1.165) is 6.92 Å². The van der Waals surface area contributed by atoms with Gasteiger partial charge < -0.3 is 0 Å². The zero-order valence-corrected chi connectivity index (χ0v) is 7.34. The van der Waals surface area contributed by atoms with Crippen molar-refractivity contribution in [3.8, 4) is 0 Å². The van der Waals surface area contributed by atoms with Crippen LogP contribution >= 0.6 is 15.9 Å². The van der Waals surface area contributed by atoms with E-state index < -0.39 is 22.7 Å². The van der Waals surface area contributed by atoms with Gasteiger partial charge in [0, 0.05) is 0 Å². The number of carbonyl (C=O) groups excluding carboxylic acids is 1. The summed E-state index contributed by atoms with van der Waals surface area (Å²) in [6, 6.07) is 0. The lowest BCUT2D eigenvalue weighted by atomic mass is 10.1. The lowest BCUT2D eigenvalue weighted by Crippen LogP contribution is -2.46. The molecule has 0 saturated carbocycles. The summed E-state index contributed by atoms with van der Waals surface area (Å²) in [6.45, 7) is 0.905. The largest absolute Gasteiger partial charge is 0.461 e. The van der Waals surface area contributed by atoms with Crippen LogP contribution in [0.25, 0.3) is 0 Å². The van der Waals surface area contributed by atoms with Crippen molar-refractivity contribution in [2.24, 2.45) is 0 Å². The average Bonchev–Trinajstić information content (AvgIpc) is 1.83. The van der Waals surface area contributed by atoms with Crippen LogP contribution in [-0.2, 0) is 4.79 Å². The molecule has 0 spiro atoms.